The second kappa shape index (κ2) is 6.05. The van der Waals surface area contributed by atoms with E-state index in [2.05, 4.69) is 101 Å². The van der Waals surface area contributed by atoms with Gasteiger partial charge in [-0.1, -0.05) is 66.7 Å². The zero-order valence-corrected chi connectivity index (χ0v) is 17.7. The van der Waals surface area contributed by atoms with Crippen LogP contribution in [0.4, 0.5) is 0 Å². The first-order chi connectivity index (χ1) is 16.4. The summed E-state index contributed by atoms with van der Waals surface area (Å²) < 4.78 is 8.84. The molecule has 154 valence electrons. The summed E-state index contributed by atoms with van der Waals surface area (Å²) >= 11 is 0. The molecule has 0 unspecified atom stereocenters. The zero-order valence-electron chi connectivity index (χ0n) is 17.7. The maximum Gasteiger partial charge on any atom is 0.145 e. The lowest BCUT2D eigenvalue weighted by atomic mass is 10.1. The normalized spacial score (nSPS) is 12.2. The number of hydrogen-bond acceptors (Lipinski definition) is 1. The van der Waals surface area contributed by atoms with Crippen LogP contribution in [0, 0.1) is 0 Å². The van der Waals surface area contributed by atoms with Gasteiger partial charge in [0.25, 0.3) is 0 Å². The Morgan fingerprint density at radius 2 is 1.30 bits per heavy atom. The van der Waals surface area contributed by atoms with E-state index in [1.807, 2.05) is 12.1 Å². The number of nitrogens with zero attached hydrogens (tertiary/aromatic N) is 1. The predicted octanol–water partition coefficient (Wildman–Crippen LogP) is 8.32. The fourth-order valence-corrected chi connectivity index (χ4v) is 5.53. The minimum atomic E-state index is 0.923. The highest BCUT2D eigenvalue weighted by Gasteiger charge is 2.21. The third-order valence-corrected chi connectivity index (χ3v) is 6.93. The largest absolute Gasteiger partial charge is 0.455 e. The first-order valence-corrected chi connectivity index (χ1v) is 11.2. The molecule has 1 N–H and O–H groups in total. The van der Waals surface area contributed by atoms with Crippen molar-refractivity contribution >= 4 is 65.6 Å². The molecular formula is C30H18N2O. The highest BCUT2D eigenvalue weighted by Crippen LogP contribution is 2.43. The number of H-pyrrole nitrogens is 1. The Kier molecular flexibility index (Phi) is 3.14. The van der Waals surface area contributed by atoms with Gasteiger partial charge in [-0.15, -0.1) is 0 Å². The third kappa shape index (κ3) is 2.14. The lowest BCUT2D eigenvalue weighted by Crippen LogP contribution is -1.93. The third-order valence-electron chi connectivity index (χ3n) is 6.93. The van der Waals surface area contributed by atoms with Crippen molar-refractivity contribution in [2.24, 2.45) is 0 Å². The minimum absolute atomic E-state index is 0.923. The molecule has 3 heterocycles. The van der Waals surface area contributed by atoms with Gasteiger partial charge in [0.15, 0.2) is 0 Å². The van der Waals surface area contributed by atoms with E-state index in [1.54, 1.807) is 0 Å². The number of rotatable bonds is 1. The van der Waals surface area contributed by atoms with Crippen molar-refractivity contribution in [1.82, 2.24) is 9.55 Å². The summed E-state index contributed by atoms with van der Waals surface area (Å²) in [5.41, 5.74) is 7.64. The van der Waals surface area contributed by atoms with Crippen molar-refractivity contribution in [3.8, 4) is 5.69 Å². The quantitative estimate of drug-likeness (QED) is 0.283. The van der Waals surface area contributed by atoms with E-state index in [9.17, 15) is 0 Å². The first-order valence-electron chi connectivity index (χ1n) is 11.2. The molecule has 0 aliphatic heterocycles. The topological polar surface area (TPSA) is 33.9 Å². The van der Waals surface area contributed by atoms with Crippen molar-refractivity contribution in [3.63, 3.8) is 0 Å². The van der Waals surface area contributed by atoms with Crippen LogP contribution in [0.25, 0.3) is 71.2 Å². The predicted molar refractivity (Wildman–Crippen MR) is 137 cm³/mol. The zero-order chi connectivity index (χ0) is 21.5. The Balaban J connectivity index is 1.68. The second-order valence-electron chi connectivity index (χ2n) is 8.66. The van der Waals surface area contributed by atoms with E-state index in [0.717, 1.165) is 49.6 Å². The number of para-hydroxylation sites is 3. The van der Waals surface area contributed by atoms with Crippen molar-refractivity contribution in [2.45, 2.75) is 0 Å². The van der Waals surface area contributed by atoms with Crippen LogP contribution in [0.15, 0.2) is 108 Å². The molecule has 3 aromatic heterocycles. The Morgan fingerprint density at radius 1 is 0.576 bits per heavy atom. The molecule has 8 aromatic rings. The van der Waals surface area contributed by atoms with Gasteiger partial charge in [0.2, 0.25) is 0 Å². The molecule has 0 saturated heterocycles. The number of benzene rings is 5. The average Bonchev–Trinajstić information content (AvgIpc) is 3.53. The molecule has 0 aliphatic rings. The highest BCUT2D eigenvalue weighted by atomic mass is 16.3. The maximum absolute atomic E-state index is 6.47. The van der Waals surface area contributed by atoms with E-state index >= 15 is 0 Å². The van der Waals surface area contributed by atoms with Crippen molar-refractivity contribution < 1.29 is 4.42 Å². The Morgan fingerprint density at radius 3 is 2.21 bits per heavy atom. The smallest absolute Gasteiger partial charge is 0.145 e. The molecule has 0 saturated carbocycles. The van der Waals surface area contributed by atoms with Gasteiger partial charge in [0, 0.05) is 38.1 Å². The Labute approximate surface area is 188 Å². The molecule has 0 aliphatic carbocycles. The van der Waals surface area contributed by atoms with Gasteiger partial charge >= 0.3 is 0 Å². The van der Waals surface area contributed by atoms with Crippen LogP contribution in [0.3, 0.4) is 0 Å². The number of aromatic amines is 1. The van der Waals surface area contributed by atoms with Crippen molar-refractivity contribution in [2.75, 3.05) is 0 Å². The standard InChI is InChI=1S/C30H18N2O/c1-2-8-18(9-3-1)32-25-17-16-22-20-11-5-7-13-26(20)33-30(22)27(25)23-15-14-21-19-10-4-6-12-24(19)31-28(21)29(23)32/h1-17,31H. The molecule has 8 rings (SSSR count). The lowest BCUT2D eigenvalue weighted by Gasteiger charge is -2.08. The summed E-state index contributed by atoms with van der Waals surface area (Å²) in [6.07, 6.45) is 0. The molecule has 3 heteroatoms. The van der Waals surface area contributed by atoms with E-state index in [4.69, 9.17) is 4.42 Å². The van der Waals surface area contributed by atoms with E-state index in [0.29, 0.717) is 0 Å². The molecule has 5 aromatic carbocycles. The Bertz CT molecular complexity index is 2020. The molecule has 0 spiro atoms. The lowest BCUT2D eigenvalue weighted by molar-refractivity contribution is 0.673. The number of aromatic nitrogens is 2. The summed E-state index contributed by atoms with van der Waals surface area (Å²) in [5.74, 6) is 0. The highest BCUT2D eigenvalue weighted by molar-refractivity contribution is 6.28. The summed E-state index contributed by atoms with van der Waals surface area (Å²) in [4.78, 5) is 3.72. The van der Waals surface area contributed by atoms with Gasteiger partial charge in [-0.3, -0.25) is 0 Å². The maximum atomic E-state index is 6.47. The van der Waals surface area contributed by atoms with E-state index in [-0.39, 0.29) is 0 Å². The van der Waals surface area contributed by atoms with Crippen LogP contribution in [-0.4, -0.2) is 9.55 Å². The van der Waals surface area contributed by atoms with Crippen LogP contribution in [0.5, 0.6) is 0 Å². The van der Waals surface area contributed by atoms with Crippen LogP contribution in [0.1, 0.15) is 0 Å². The summed E-state index contributed by atoms with van der Waals surface area (Å²) in [7, 11) is 0. The van der Waals surface area contributed by atoms with Crippen LogP contribution < -0.4 is 0 Å². The van der Waals surface area contributed by atoms with Crippen molar-refractivity contribution in [1.29, 1.82) is 0 Å². The number of nitrogens with one attached hydrogen (secondary N) is 1. The van der Waals surface area contributed by atoms with Gasteiger partial charge in [-0.05, 0) is 36.4 Å². The monoisotopic (exact) mass is 422 g/mol. The van der Waals surface area contributed by atoms with Crippen LogP contribution in [-0.2, 0) is 0 Å². The molecule has 0 radical (unpaired) electrons. The number of fused-ring (bicyclic) bond motifs is 11. The number of furan rings is 1. The van der Waals surface area contributed by atoms with Crippen LogP contribution >= 0.6 is 0 Å². The molecule has 0 amide bonds. The SMILES string of the molecule is c1ccc(-n2c3ccc4c5ccccc5oc4c3c3ccc4c5ccccc5[nH]c4c32)cc1. The fraction of sp³-hybridized carbons (Fsp3) is 0. The molecular weight excluding hydrogens is 404 g/mol. The van der Waals surface area contributed by atoms with Gasteiger partial charge in [0.05, 0.1) is 21.9 Å². The summed E-state index contributed by atoms with van der Waals surface area (Å²) in [6, 6.07) is 36.3. The molecule has 3 nitrogen and oxygen atoms in total. The van der Waals surface area contributed by atoms with Gasteiger partial charge in [0.1, 0.15) is 11.2 Å². The molecule has 0 atom stereocenters. The van der Waals surface area contributed by atoms with Gasteiger partial charge < -0.3 is 14.0 Å². The number of hydrogen-bond donors (Lipinski definition) is 1. The summed E-state index contributed by atoms with van der Waals surface area (Å²) in [6.45, 7) is 0. The van der Waals surface area contributed by atoms with Crippen molar-refractivity contribution in [3.05, 3.63) is 103 Å². The van der Waals surface area contributed by atoms with Gasteiger partial charge in [-0.2, -0.15) is 0 Å². The average molecular weight is 422 g/mol. The Hall–Kier alpha value is -4.50. The fourth-order valence-electron chi connectivity index (χ4n) is 5.53. The molecule has 33 heavy (non-hydrogen) atoms. The minimum Gasteiger partial charge on any atom is -0.455 e. The second-order valence-corrected chi connectivity index (χ2v) is 8.66. The van der Waals surface area contributed by atoms with E-state index < -0.39 is 0 Å². The molecule has 0 fully saturated rings. The molecule has 0 bridgehead atoms. The van der Waals surface area contributed by atoms with E-state index in [1.165, 1.54) is 21.7 Å². The van der Waals surface area contributed by atoms with Crippen LogP contribution in [0.2, 0.25) is 0 Å². The van der Waals surface area contributed by atoms with Gasteiger partial charge in [-0.25, -0.2) is 0 Å². The first kappa shape index (κ1) is 17.1. The summed E-state index contributed by atoms with van der Waals surface area (Å²) in [5, 5.41) is 7.14.